The van der Waals surface area contributed by atoms with Gasteiger partial charge >= 0.3 is 5.97 Å². The number of carbonyl (C=O) groups excluding carboxylic acids is 3. The van der Waals surface area contributed by atoms with E-state index in [1.807, 2.05) is 44.4 Å². The highest BCUT2D eigenvalue weighted by molar-refractivity contribution is 6.37. The summed E-state index contributed by atoms with van der Waals surface area (Å²) in [5.74, 6) is 0.335. The van der Waals surface area contributed by atoms with Crippen molar-refractivity contribution in [3.05, 3.63) is 82.9 Å². The largest absolute Gasteiger partial charge is 0.486 e. The van der Waals surface area contributed by atoms with Crippen LogP contribution in [0.2, 0.25) is 0 Å². The van der Waals surface area contributed by atoms with Crippen molar-refractivity contribution >= 4 is 40.4 Å². The lowest BCUT2D eigenvalue weighted by atomic mass is 9.98. The fraction of sp³-hybridized carbons (Fsp3) is 0.281. The van der Waals surface area contributed by atoms with Crippen molar-refractivity contribution in [3.8, 4) is 11.5 Å². The maximum Gasteiger partial charge on any atom is 0.337 e. The Balaban J connectivity index is 1.49. The van der Waals surface area contributed by atoms with Crippen molar-refractivity contribution in [2.24, 2.45) is 0 Å². The first-order valence-electron chi connectivity index (χ1n) is 13.7. The molecule has 2 aliphatic heterocycles. The van der Waals surface area contributed by atoms with Crippen LogP contribution in [0.25, 0.3) is 11.3 Å². The summed E-state index contributed by atoms with van der Waals surface area (Å²) in [5, 5.41) is 6.28. The van der Waals surface area contributed by atoms with Gasteiger partial charge in [0.15, 0.2) is 11.5 Å². The number of anilines is 2. The van der Waals surface area contributed by atoms with Crippen LogP contribution in [0.3, 0.4) is 0 Å². The molecular weight excluding hydrogens is 536 g/mol. The van der Waals surface area contributed by atoms with E-state index in [0.29, 0.717) is 76.2 Å². The van der Waals surface area contributed by atoms with Gasteiger partial charge in [0.25, 0.3) is 11.8 Å². The first-order chi connectivity index (χ1) is 20.2. The number of hydrogen-bond acceptors (Lipinski definition) is 8. The van der Waals surface area contributed by atoms with Gasteiger partial charge in [-0.1, -0.05) is 6.07 Å². The molecule has 0 saturated heterocycles. The molecule has 0 unspecified atom stereocenters. The van der Waals surface area contributed by atoms with Gasteiger partial charge in [0.1, 0.15) is 13.2 Å². The number of ether oxygens (including phenoxy) is 3. The van der Waals surface area contributed by atoms with Crippen LogP contribution < -0.4 is 20.1 Å². The summed E-state index contributed by atoms with van der Waals surface area (Å²) >= 11 is 0. The zero-order valence-corrected chi connectivity index (χ0v) is 24.2. The number of nitrogens with one attached hydrogen (secondary N) is 2. The Hall–Kier alpha value is -4.83. The van der Waals surface area contributed by atoms with Gasteiger partial charge in [0.2, 0.25) is 0 Å². The molecule has 2 heterocycles. The van der Waals surface area contributed by atoms with E-state index in [1.165, 1.54) is 7.11 Å². The van der Waals surface area contributed by atoms with Crippen molar-refractivity contribution in [3.63, 3.8) is 0 Å². The third-order valence-electron chi connectivity index (χ3n) is 7.11. The van der Waals surface area contributed by atoms with Crippen LogP contribution in [0.5, 0.6) is 11.5 Å². The monoisotopic (exact) mass is 570 g/mol. The molecule has 2 N–H and O–H groups in total. The third-order valence-corrected chi connectivity index (χ3v) is 7.11. The lowest BCUT2D eigenvalue weighted by molar-refractivity contribution is -0.110. The van der Waals surface area contributed by atoms with Crippen molar-refractivity contribution in [1.82, 2.24) is 9.80 Å². The van der Waals surface area contributed by atoms with Gasteiger partial charge in [0, 0.05) is 36.0 Å². The lowest BCUT2D eigenvalue weighted by Crippen LogP contribution is -2.29. The minimum Gasteiger partial charge on any atom is -0.486 e. The molecule has 0 aromatic heterocycles. The smallest absolute Gasteiger partial charge is 0.337 e. The number of benzene rings is 3. The Morgan fingerprint density at radius 1 is 0.881 bits per heavy atom. The van der Waals surface area contributed by atoms with Crippen molar-refractivity contribution in [1.29, 1.82) is 0 Å². The molecule has 5 rings (SSSR count). The normalized spacial score (nSPS) is 14.6. The van der Waals surface area contributed by atoms with Crippen molar-refractivity contribution in [2.75, 3.05) is 65.2 Å². The SMILES string of the molecule is COC(=O)c1ccc2c(c1)NC(=O)C2=C(Nc1ccc(C(=O)N(C)CCCN(C)C)cc1)c1ccc2c(c1)OCCO2. The van der Waals surface area contributed by atoms with Crippen LogP contribution in [0.4, 0.5) is 11.4 Å². The van der Waals surface area contributed by atoms with Gasteiger partial charge in [-0.2, -0.15) is 0 Å². The van der Waals surface area contributed by atoms with Crippen LogP contribution in [0.1, 0.15) is 38.3 Å². The maximum absolute atomic E-state index is 13.4. The van der Waals surface area contributed by atoms with Crippen LogP contribution >= 0.6 is 0 Å². The van der Waals surface area contributed by atoms with E-state index >= 15 is 0 Å². The van der Waals surface area contributed by atoms with Gasteiger partial charge in [-0.15, -0.1) is 0 Å². The van der Waals surface area contributed by atoms with E-state index in [2.05, 4.69) is 15.5 Å². The third kappa shape index (κ3) is 6.08. The van der Waals surface area contributed by atoms with Gasteiger partial charge in [-0.05, 0) is 81.7 Å². The minimum absolute atomic E-state index is 0.0590. The van der Waals surface area contributed by atoms with Gasteiger partial charge in [0.05, 0.1) is 29.6 Å². The van der Waals surface area contributed by atoms with Crippen molar-refractivity contribution < 1.29 is 28.6 Å². The number of methoxy groups -OCH3 is 1. The molecule has 0 bridgehead atoms. The zero-order valence-electron chi connectivity index (χ0n) is 24.2. The molecule has 218 valence electrons. The standard InChI is InChI=1S/C32H34N4O6/c1-35(2)14-5-15-36(3)31(38)20-6-10-23(11-7-20)33-29(21-9-13-26-27(19-21)42-17-16-41-26)28-24-12-8-22(32(39)40-4)18-25(24)34-30(28)37/h6-13,18-19,33H,5,14-17H2,1-4H3,(H,34,37). The molecule has 0 radical (unpaired) electrons. The highest BCUT2D eigenvalue weighted by Gasteiger charge is 2.30. The van der Waals surface area contributed by atoms with E-state index in [0.717, 1.165) is 13.0 Å². The summed E-state index contributed by atoms with van der Waals surface area (Å²) in [7, 11) is 7.13. The second kappa shape index (κ2) is 12.4. The number of fused-ring (bicyclic) bond motifs is 2. The van der Waals surface area contributed by atoms with Crippen LogP contribution in [-0.2, 0) is 9.53 Å². The molecular formula is C32H34N4O6. The Bertz CT molecular complexity index is 1550. The average Bonchev–Trinajstić information content (AvgIpc) is 3.33. The summed E-state index contributed by atoms with van der Waals surface area (Å²) in [5.41, 5.74) is 4.37. The minimum atomic E-state index is -0.493. The Morgan fingerprint density at radius 2 is 1.57 bits per heavy atom. The number of hydrogen-bond donors (Lipinski definition) is 2. The quantitative estimate of drug-likeness (QED) is 0.291. The Kier molecular flexibility index (Phi) is 8.44. The first-order valence-corrected chi connectivity index (χ1v) is 13.7. The molecule has 0 fully saturated rings. The summed E-state index contributed by atoms with van der Waals surface area (Å²) < 4.78 is 16.3. The van der Waals surface area contributed by atoms with E-state index < -0.39 is 5.97 Å². The topological polar surface area (TPSA) is 109 Å². The molecule has 0 atom stereocenters. The summed E-state index contributed by atoms with van der Waals surface area (Å²) in [6.45, 7) is 2.45. The molecule has 42 heavy (non-hydrogen) atoms. The average molecular weight is 571 g/mol. The van der Waals surface area contributed by atoms with Gasteiger partial charge in [-0.25, -0.2) is 4.79 Å². The molecule has 2 amide bonds. The lowest BCUT2D eigenvalue weighted by Gasteiger charge is -2.21. The predicted octanol–water partition coefficient (Wildman–Crippen LogP) is 4.20. The predicted molar refractivity (Wildman–Crippen MR) is 161 cm³/mol. The zero-order chi connectivity index (χ0) is 29.8. The van der Waals surface area contributed by atoms with E-state index in [4.69, 9.17) is 14.2 Å². The van der Waals surface area contributed by atoms with Crippen LogP contribution in [0, 0.1) is 0 Å². The maximum atomic E-state index is 13.4. The fourth-order valence-corrected chi connectivity index (χ4v) is 4.93. The van der Waals surface area contributed by atoms with E-state index in [9.17, 15) is 14.4 Å². The van der Waals surface area contributed by atoms with Gasteiger partial charge < -0.3 is 34.6 Å². The summed E-state index contributed by atoms with van der Waals surface area (Å²) in [6.07, 6.45) is 0.881. The van der Waals surface area contributed by atoms with Crippen molar-refractivity contribution in [2.45, 2.75) is 6.42 Å². The summed E-state index contributed by atoms with van der Waals surface area (Å²) in [6, 6.07) is 17.6. The second-order valence-corrected chi connectivity index (χ2v) is 10.4. The number of rotatable bonds is 9. The molecule has 0 spiro atoms. The number of amides is 2. The van der Waals surface area contributed by atoms with Crippen LogP contribution in [0.15, 0.2) is 60.7 Å². The summed E-state index contributed by atoms with van der Waals surface area (Å²) in [4.78, 5) is 42.3. The van der Waals surface area contributed by atoms with Gasteiger partial charge in [-0.3, -0.25) is 9.59 Å². The molecule has 2 aliphatic rings. The van der Waals surface area contributed by atoms with Crippen LogP contribution in [-0.4, -0.2) is 82.1 Å². The fourth-order valence-electron chi connectivity index (χ4n) is 4.93. The molecule has 10 heteroatoms. The first kappa shape index (κ1) is 28.7. The highest BCUT2D eigenvalue weighted by atomic mass is 16.6. The highest BCUT2D eigenvalue weighted by Crippen LogP contribution is 2.40. The molecule has 0 saturated carbocycles. The molecule has 0 aliphatic carbocycles. The Labute approximate surface area is 244 Å². The molecule has 3 aromatic rings. The molecule has 3 aromatic carbocycles. The molecule has 10 nitrogen and oxygen atoms in total. The number of esters is 1. The van der Waals surface area contributed by atoms with E-state index in [-0.39, 0.29) is 11.8 Å². The number of carbonyl (C=O) groups is 3. The van der Waals surface area contributed by atoms with E-state index in [1.54, 1.807) is 42.3 Å². The Morgan fingerprint density at radius 3 is 2.29 bits per heavy atom. The number of nitrogens with zero attached hydrogens (tertiary/aromatic N) is 2. The second-order valence-electron chi connectivity index (χ2n) is 10.4.